The maximum atomic E-state index is 5.96. The number of nitrogens with two attached hydrogens (primary N) is 1. The number of thioether (sulfide) groups is 1. The van der Waals surface area contributed by atoms with Crippen LogP contribution in [0.5, 0.6) is 0 Å². The molecule has 0 spiro atoms. The molecule has 0 bridgehead atoms. The van der Waals surface area contributed by atoms with Gasteiger partial charge in [-0.05, 0) is 46.5 Å². The van der Waals surface area contributed by atoms with Crippen LogP contribution < -0.4 is 5.73 Å². The Kier molecular flexibility index (Phi) is 4.61. The SMILES string of the molecule is CSCC[C@@H](N)c1nc(-c2ccc(Br)s2)no1. The van der Waals surface area contributed by atoms with Crippen LogP contribution in [0.4, 0.5) is 0 Å². The van der Waals surface area contributed by atoms with Crippen molar-refractivity contribution in [2.75, 3.05) is 12.0 Å². The highest BCUT2D eigenvalue weighted by atomic mass is 79.9. The summed E-state index contributed by atoms with van der Waals surface area (Å²) in [6.45, 7) is 0. The molecular formula is C10H12BrN3OS2. The van der Waals surface area contributed by atoms with Crippen LogP contribution in [0, 0.1) is 0 Å². The molecule has 0 radical (unpaired) electrons. The topological polar surface area (TPSA) is 64.9 Å². The predicted molar refractivity (Wildman–Crippen MR) is 75.2 cm³/mol. The number of thiophene rings is 1. The Labute approximate surface area is 116 Å². The molecule has 2 aromatic rings. The largest absolute Gasteiger partial charge is 0.337 e. The van der Waals surface area contributed by atoms with Crippen LogP contribution in [0.2, 0.25) is 0 Å². The van der Waals surface area contributed by atoms with Crippen molar-refractivity contribution in [3.8, 4) is 10.7 Å². The summed E-state index contributed by atoms with van der Waals surface area (Å²) in [5.41, 5.74) is 5.96. The Morgan fingerprint density at radius 3 is 3.06 bits per heavy atom. The molecule has 2 rings (SSSR count). The third kappa shape index (κ3) is 3.31. The van der Waals surface area contributed by atoms with Gasteiger partial charge in [0.1, 0.15) is 0 Å². The van der Waals surface area contributed by atoms with Crippen LogP contribution in [0.3, 0.4) is 0 Å². The maximum Gasteiger partial charge on any atom is 0.243 e. The van der Waals surface area contributed by atoms with Gasteiger partial charge in [0.05, 0.1) is 14.7 Å². The molecule has 0 fully saturated rings. The van der Waals surface area contributed by atoms with Gasteiger partial charge in [0.25, 0.3) is 0 Å². The first kappa shape index (κ1) is 13.1. The van der Waals surface area contributed by atoms with E-state index in [-0.39, 0.29) is 6.04 Å². The van der Waals surface area contributed by atoms with E-state index in [1.165, 1.54) is 0 Å². The van der Waals surface area contributed by atoms with Crippen LogP contribution in [-0.2, 0) is 0 Å². The molecule has 92 valence electrons. The molecule has 2 heterocycles. The van der Waals surface area contributed by atoms with E-state index < -0.39 is 0 Å². The zero-order valence-electron chi connectivity index (χ0n) is 9.22. The monoisotopic (exact) mass is 333 g/mol. The summed E-state index contributed by atoms with van der Waals surface area (Å²) < 4.78 is 6.23. The summed E-state index contributed by atoms with van der Waals surface area (Å²) in [6.07, 6.45) is 2.89. The van der Waals surface area contributed by atoms with E-state index in [2.05, 4.69) is 32.3 Å². The number of halogens is 1. The minimum Gasteiger partial charge on any atom is -0.337 e. The lowest BCUT2D eigenvalue weighted by Crippen LogP contribution is -2.11. The van der Waals surface area contributed by atoms with Gasteiger partial charge in [-0.2, -0.15) is 16.7 Å². The number of rotatable bonds is 5. The van der Waals surface area contributed by atoms with Gasteiger partial charge in [0.15, 0.2) is 0 Å². The zero-order valence-corrected chi connectivity index (χ0v) is 12.4. The molecule has 7 heteroatoms. The first-order valence-electron chi connectivity index (χ1n) is 5.04. The summed E-state index contributed by atoms with van der Waals surface area (Å²) >= 11 is 6.73. The standard InChI is InChI=1S/C10H12BrN3OS2/c1-16-5-4-6(12)10-13-9(14-15-10)7-2-3-8(11)17-7/h2-3,6H,4-5,12H2,1H3/t6-/m1/s1. The van der Waals surface area contributed by atoms with Gasteiger partial charge in [0.2, 0.25) is 11.7 Å². The van der Waals surface area contributed by atoms with Gasteiger partial charge in [-0.25, -0.2) is 0 Å². The first-order chi connectivity index (χ1) is 8.20. The Morgan fingerprint density at radius 2 is 2.41 bits per heavy atom. The van der Waals surface area contributed by atoms with Gasteiger partial charge in [-0.3, -0.25) is 0 Å². The lowest BCUT2D eigenvalue weighted by atomic mass is 10.2. The molecule has 0 saturated carbocycles. The van der Waals surface area contributed by atoms with E-state index in [4.69, 9.17) is 10.3 Å². The van der Waals surface area contributed by atoms with Gasteiger partial charge >= 0.3 is 0 Å². The van der Waals surface area contributed by atoms with Gasteiger partial charge in [0, 0.05) is 0 Å². The lowest BCUT2D eigenvalue weighted by molar-refractivity contribution is 0.353. The molecule has 0 aromatic carbocycles. The quantitative estimate of drug-likeness (QED) is 0.909. The van der Waals surface area contributed by atoms with E-state index in [9.17, 15) is 0 Å². The van der Waals surface area contributed by atoms with Gasteiger partial charge < -0.3 is 10.3 Å². The highest BCUT2D eigenvalue weighted by Gasteiger charge is 2.16. The normalized spacial score (nSPS) is 12.9. The molecule has 0 amide bonds. The minimum atomic E-state index is -0.174. The van der Waals surface area contributed by atoms with Crippen LogP contribution in [0.25, 0.3) is 10.7 Å². The van der Waals surface area contributed by atoms with Crippen molar-refractivity contribution in [3.63, 3.8) is 0 Å². The second-order valence-corrected chi connectivity index (χ2v) is 6.90. The number of hydrogen-bond donors (Lipinski definition) is 1. The summed E-state index contributed by atoms with van der Waals surface area (Å²) in [4.78, 5) is 5.30. The fourth-order valence-electron chi connectivity index (χ4n) is 1.29. The Bertz CT molecular complexity index is 485. The average molecular weight is 334 g/mol. The second kappa shape index (κ2) is 5.99. The molecule has 0 saturated heterocycles. The second-order valence-electron chi connectivity index (χ2n) is 3.45. The first-order valence-corrected chi connectivity index (χ1v) is 8.05. The van der Waals surface area contributed by atoms with Crippen LogP contribution in [0.15, 0.2) is 20.4 Å². The summed E-state index contributed by atoms with van der Waals surface area (Å²) in [5, 5.41) is 3.95. The Morgan fingerprint density at radius 1 is 1.59 bits per heavy atom. The van der Waals surface area contributed by atoms with Crippen molar-refractivity contribution in [1.29, 1.82) is 0 Å². The molecule has 2 aromatic heterocycles. The highest BCUT2D eigenvalue weighted by molar-refractivity contribution is 9.11. The molecule has 0 aliphatic heterocycles. The number of nitrogens with zero attached hydrogens (tertiary/aromatic N) is 2. The molecule has 0 aliphatic carbocycles. The molecule has 17 heavy (non-hydrogen) atoms. The van der Waals surface area contributed by atoms with Gasteiger partial charge in [-0.15, -0.1) is 11.3 Å². The summed E-state index contributed by atoms with van der Waals surface area (Å²) in [5.74, 6) is 2.11. The van der Waals surface area contributed by atoms with Crippen LogP contribution >= 0.6 is 39.0 Å². The molecular weight excluding hydrogens is 322 g/mol. The molecule has 0 aliphatic rings. The van der Waals surface area contributed by atoms with Gasteiger partial charge in [-0.1, -0.05) is 5.16 Å². The van der Waals surface area contributed by atoms with Crippen molar-refractivity contribution in [1.82, 2.24) is 10.1 Å². The molecule has 2 N–H and O–H groups in total. The average Bonchev–Trinajstić information content (AvgIpc) is 2.93. The van der Waals surface area contributed by atoms with E-state index >= 15 is 0 Å². The zero-order chi connectivity index (χ0) is 12.3. The van der Waals surface area contributed by atoms with Crippen molar-refractivity contribution >= 4 is 39.0 Å². The minimum absolute atomic E-state index is 0.174. The Balaban J connectivity index is 2.10. The van der Waals surface area contributed by atoms with Crippen molar-refractivity contribution in [3.05, 3.63) is 21.8 Å². The Hall–Kier alpha value is -0.370. The third-order valence-electron chi connectivity index (χ3n) is 2.19. The van der Waals surface area contributed by atoms with Crippen molar-refractivity contribution in [2.24, 2.45) is 5.73 Å². The van der Waals surface area contributed by atoms with E-state index in [1.807, 2.05) is 12.1 Å². The van der Waals surface area contributed by atoms with E-state index in [1.54, 1.807) is 23.1 Å². The van der Waals surface area contributed by atoms with Crippen LogP contribution in [-0.4, -0.2) is 22.1 Å². The van der Waals surface area contributed by atoms with E-state index in [0.29, 0.717) is 11.7 Å². The van der Waals surface area contributed by atoms with E-state index in [0.717, 1.165) is 20.8 Å². The van der Waals surface area contributed by atoms with Crippen molar-refractivity contribution < 1.29 is 4.52 Å². The number of aromatic nitrogens is 2. The summed E-state index contributed by atoms with van der Waals surface area (Å²) in [7, 11) is 0. The fraction of sp³-hybridized carbons (Fsp3) is 0.400. The highest BCUT2D eigenvalue weighted by Crippen LogP contribution is 2.30. The number of hydrogen-bond acceptors (Lipinski definition) is 6. The third-order valence-corrected chi connectivity index (χ3v) is 4.45. The molecule has 1 atom stereocenters. The summed E-state index contributed by atoms with van der Waals surface area (Å²) in [6, 6.07) is 3.74. The van der Waals surface area contributed by atoms with Crippen LogP contribution in [0.1, 0.15) is 18.4 Å². The molecule has 4 nitrogen and oxygen atoms in total. The predicted octanol–water partition coefficient (Wildman–Crippen LogP) is 3.31. The smallest absolute Gasteiger partial charge is 0.243 e. The fourth-order valence-corrected chi connectivity index (χ4v) is 3.09. The van der Waals surface area contributed by atoms with Crippen molar-refractivity contribution in [2.45, 2.75) is 12.5 Å². The lowest BCUT2D eigenvalue weighted by Gasteiger charge is -2.03. The maximum absolute atomic E-state index is 5.96. The molecule has 0 unspecified atom stereocenters.